The highest BCUT2D eigenvalue weighted by atomic mass is 16.3. The van der Waals surface area contributed by atoms with Gasteiger partial charge in [-0.15, -0.1) is 0 Å². The van der Waals surface area contributed by atoms with Crippen LogP contribution in [0.25, 0.3) is 0 Å². The highest BCUT2D eigenvalue weighted by Crippen LogP contribution is 2.27. The van der Waals surface area contributed by atoms with E-state index in [0.717, 1.165) is 25.7 Å². The molecule has 22 heavy (non-hydrogen) atoms. The molecule has 5 heteroatoms. The molecule has 1 rings (SSSR count). The Kier molecular flexibility index (Phi) is 7.62. The zero-order chi connectivity index (χ0) is 16.7. The van der Waals surface area contributed by atoms with E-state index in [1.807, 2.05) is 23.6 Å². The number of pyridine rings is 1. The van der Waals surface area contributed by atoms with E-state index in [-0.39, 0.29) is 18.4 Å². The molecule has 0 aliphatic heterocycles. The average Bonchev–Trinajstić information content (AvgIpc) is 2.48. The third-order valence-corrected chi connectivity index (χ3v) is 4.01. The zero-order valence-corrected chi connectivity index (χ0v) is 14.3. The van der Waals surface area contributed by atoms with Gasteiger partial charge in [-0.3, -0.25) is 4.79 Å². The second-order valence-corrected chi connectivity index (χ2v) is 6.12. The molecule has 0 saturated heterocycles. The lowest BCUT2D eigenvalue weighted by molar-refractivity contribution is 0.253. The quantitative estimate of drug-likeness (QED) is 0.688. The summed E-state index contributed by atoms with van der Waals surface area (Å²) < 4.78 is 1.98. The third-order valence-electron chi connectivity index (χ3n) is 4.01. The number of hydrogen-bond acceptors (Lipinski definition) is 4. The highest BCUT2D eigenvalue weighted by molar-refractivity contribution is 5.30. The molecule has 2 N–H and O–H groups in total. The molecular weight excluding hydrogens is 280 g/mol. The standard InChI is InChI=1S/C17H30N2O3/c1-5-7-8-9-13(6-2)19-14(12-20)10-16(21)17(22)15(19)11-18(3)4/h10,13,20,22H,5-9,11-12H2,1-4H3. The number of aromatic hydroxyl groups is 1. The van der Waals surface area contributed by atoms with Crippen LogP contribution in [0, 0.1) is 0 Å². The smallest absolute Gasteiger partial charge is 0.223 e. The molecule has 0 bridgehead atoms. The fraction of sp³-hybridized carbons (Fsp3) is 0.706. The first-order valence-electron chi connectivity index (χ1n) is 8.18. The van der Waals surface area contributed by atoms with Crippen LogP contribution in [0.2, 0.25) is 0 Å². The minimum Gasteiger partial charge on any atom is -0.503 e. The van der Waals surface area contributed by atoms with Crippen molar-refractivity contribution in [1.82, 2.24) is 9.47 Å². The van der Waals surface area contributed by atoms with E-state index < -0.39 is 5.43 Å². The van der Waals surface area contributed by atoms with E-state index in [4.69, 9.17) is 0 Å². The van der Waals surface area contributed by atoms with Crippen LogP contribution in [0.1, 0.15) is 63.4 Å². The predicted octanol–water partition coefficient (Wildman–Crippen LogP) is 2.64. The zero-order valence-electron chi connectivity index (χ0n) is 14.3. The molecule has 5 nitrogen and oxygen atoms in total. The minimum absolute atomic E-state index is 0.190. The maximum atomic E-state index is 11.9. The molecule has 0 radical (unpaired) electrons. The normalized spacial score (nSPS) is 12.8. The molecule has 1 atom stereocenters. The van der Waals surface area contributed by atoms with Crippen LogP contribution in [0.3, 0.4) is 0 Å². The van der Waals surface area contributed by atoms with Crippen LogP contribution >= 0.6 is 0 Å². The first-order chi connectivity index (χ1) is 10.5. The van der Waals surface area contributed by atoms with Crippen molar-refractivity contribution in [2.24, 2.45) is 0 Å². The Bertz CT molecular complexity index is 523. The lowest BCUT2D eigenvalue weighted by atomic mass is 10.0. The van der Waals surface area contributed by atoms with Gasteiger partial charge >= 0.3 is 0 Å². The molecule has 1 aromatic rings. The Morgan fingerprint density at radius 2 is 1.95 bits per heavy atom. The van der Waals surface area contributed by atoms with E-state index >= 15 is 0 Å². The van der Waals surface area contributed by atoms with Crippen LogP contribution in [0.5, 0.6) is 5.75 Å². The average molecular weight is 310 g/mol. The number of unbranched alkanes of at least 4 members (excludes halogenated alkanes) is 2. The second kappa shape index (κ2) is 8.96. The van der Waals surface area contributed by atoms with Crippen molar-refractivity contribution in [2.45, 2.75) is 65.1 Å². The highest BCUT2D eigenvalue weighted by Gasteiger charge is 2.20. The van der Waals surface area contributed by atoms with Gasteiger partial charge in [0.15, 0.2) is 5.75 Å². The van der Waals surface area contributed by atoms with Gasteiger partial charge in [-0.2, -0.15) is 0 Å². The van der Waals surface area contributed by atoms with Crippen molar-refractivity contribution in [2.75, 3.05) is 14.1 Å². The fourth-order valence-electron chi connectivity index (χ4n) is 2.89. The summed E-state index contributed by atoms with van der Waals surface area (Å²) in [5.74, 6) is -0.195. The number of rotatable bonds is 9. The molecule has 126 valence electrons. The van der Waals surface area contributed by atoms with Gasteiger partial charge < -0.3 is 19.7 Å². The fourth-order valence-corrected chi connectivity index (χ4v) is 2.89. The minimum atomic E-state index is -0.416. The second-order valence-electron chi connectivity index (χ2n) is 6.12. The summed E-state index contributed by atoms with van der Waals surface area (Å²) >= 11 is 0. The van der Waals surface area contributed by atoms with Gasteiger partial charge in [-0.1, -0.05) is 33.1 Å². The van der Waals surface area contributed by atoms with Crippen molar-refractivity contribution < 1.29 is 10.2 Å². The summed E-state index contributed by atoms with van der Waals surface area (Å²) in [6.07, 6.45) is 5.32. The first-order valence-corrected chi connectivity index (χ1v) is 8.18. The van der Waals surface area contributed by atoms with Crippen molar-refractivity contribution in [1.29, 1.82) is 0 Å². The van der Waals surface area contributed by atoms with Gasteiger partial charge in [0, 0.05) is 24.3 Å². The van der Waals surface area contributed by atoms with Crippen molar-refractivity contribution in [3.8, 4) is 5.75 Å². The van der Waals surface area contributed by atoms with Gasteiger partial charge in [0.2, 0.25) is 5.43 Å². The monoisotopic (exact) mass is 310 g/mol. The van der Waals surface area contributed by atoms with E-state index in [0.29, 0.717) is 17.9 Å². The Hall–Kier alpha value is -1.33. The molecule has 0 fully saturated rings. The van der Waals surface area contributed by atoms with Crippen LogP contribution in [-0.2, 0) is 13.2 Å². The molecule has 0 amide bonds. The molecule has 0 aromatic carbocycles. The summed E-state index contributed by atoms with van der Waals surface area (Å²) in [6.45, 7) is 4.55. The van der Waals surface area contributed by atoms with Gasteiger partial charge in [0.25, 0.3) is 0 Å². The lowest BCUT2D eigenvalue weighted by Crippen LogP contribution is -2.25. The largest absolute Gasteiger partial charge is 0.503 e. The van der Waals surface area contributed by atoms with E-state index in [1.165, 1.54) is 12.5 Å². The Morgan fingerprint density at radius 3 is 2.45 bits per heavy atom. The summed E-state index contributed by atoms with van der Waals surface area (Å²) in [7, 11) is 3.80. The van der Waals surface area contributed by atoms with Crippen LogP contribution in [-0.4, -0.2) is 33.8 Å². The Morgan fingerprint density at radius 1 is 1.27 bits per heavy atom. The summed E-state index contributed by atoms with van der Waals surface area (Å²) in [4.78, 5) is 13.9. The topological polar surface area (TPSA) is 65.7 Å². The number of aliphatic hydroxyl groups excluding tert-OH is 1. The van der Waals surface area contributed by atoms with Gasteiger partial charge in [-0.25, -0.2) is 0 Å². The number of hydrogen-bond donors (Lipinski definition) is 2. The molecule has 0 aliphatic rings. The molecule has 0 saturated carbocycles. The SMILES string of the molecule is CCCCCC(CC)n1c(CO)cc(=O)c(O)c1CN(C)C. The van der Waals surface area contributed by atoms with Gasteiger partial charge in [0.05, 0.1) is 12.3 Å². The molecule has 0 aliphatic carbocycles. The van der Waals surface area contributed by atoms with Crippen LogP contribution < -0.4 is 5.43 Å². The Balaban J connectivity index is 3.33. The molecule has 1 unspecified atom stereocenters. The summed E-state index contributed by atoms with van der Waals surface area (Å²) in [5.41, 5.74) is 0.772. The van der Waals surface area contributed by atoms with Crippen molar-refractivity contribution in [3.05, 3.63) is 27.7 Å². The van der Waals surface area contributed by atoms with Crippen LogP contribution in [0.15, 0.2) is 10.9 Å². The van der Waals surface area contributed by atoms with Crippen molar-refractivity contribution >= 4 is 0 Å². The van der Waals surface area contributed by atoms with Crippen molar-refractivity contribution in [3.63, 3.8) is 0 Å². The molecule has 1 aromatic heterocycles. The number of aliphatic hydroxyl groups is 1. The maximum absolute atomic E-state index is 11.9. The van der Waals surface area contributed by atoms with Gasteiger partial charge in [-0.05, 0) is 26.9 Å². The molecule has 0 spiro atoms. The Labute approximate surface area is 133 Å². The lowest BCUT2D eigenvalue weighted by Gasteiger charge is -2.28. The van der Waals surface area contributed by atoms with E-state index in [2.05, 4.69) is 13.8 Å². The van der Waals surface area contributed by atoms with E-state index in [9.17, 15) is 15.0 Å². The first kappa shape index (κ1) is 18.7. The summed E-state index contributed by atoms with van der Waals surface area (Å²) in [6, 6.07) is 1.55. The number of nitrogens with zero attached hydrogens (tertiary/aromatic N) is 2. The van der Waals surface area contributed by atoms with Crippen LogP contribution in [0.4, 0.5) is 0 Å². The number of aromatic nitrogens is 1. The third kappa shape index (κ3) is 4.58. The molecular formula is C17H30N2O3. The van der Waals surface area contributed by atoms with E-state index in [1.54, 1.807) is 0 Å². The van der Waals surface area contributed by atoms with Gasteiger partial charge in [0.1, 0.15) is 0 Å². The molecule has 1 heterocycles. The predicted molar refractivity (Wildman–Crippen MR) is 89.2 cm³/mol. The maximum Gasteiger partial charge on any atom is 0.223 e. The summed E-state index contributed by atoms with van der Waals surface area (Å²) in [5, 5.41) is 19.9.